The summed E-state index contributed by atoms with van der Waals surface area (Å²) in [6.45, 7) is 0. The van der Waals surface area contributed by atoms with Gasteiger partial charge in [-0.1, -0.05) is 28.1 Å². The van der Waals surface area contributed by atoms with Crippen LogP contribution in [0.2, 0.25) is 0 Å². The summed E-state index contributed by atoms with van der Waals surface area (Å²) in [5.74, 6) is 0. The molecular weight excluding hydrogens is 252 g/mol. The first-order chi connectivity index (χ1) is 7.27. The van der Waals surface area contributed by atoms with E-state index in [1.807, 2.05) is 30.3 Å². The quantitative estimate of drug-likeness (QED) is 0.671. The van der Waals surface area contributed by atoms with E-state index in [4.69, 9.17) is 10.5 Å². The summed E-state index contributed by atoms with van der Waals surface area (Å²) < 4.78 is 1.06. The normalized spacial score (nSPS) is 12.9. The number of hydrogen-bond acceptors (Lipinski definition) is 2. The minimum atomic E-state index is 0.242. The molecule has 0 saturated carbocycles. The van der Waals surface area contributed by atoms with Crippen molar-refractivity contribution in [3.63, 3.8) is 0 Å². The van der Waals surface area contributed by atoms with Crippen LogP contribution in [-0.4, -0.2) is 0 Å². The van der Waals surface area contributed by atoms with Gasteiger partial charge in [-0.2, -0.15) is 10.5 Å². The second kappa shape index (κ2) is 3.88. The lowest BCUT2D eigenvalue weighted by molar-refractivity contribution is 1.07. The first-order valence-electron chi connectivity index (χ1n) is 4.59. The molecule has 0 unspecified atom stereocenters. The Kier molecular flexibility index (Phi) is 2.58. The predicted molar refractivity (Wildman–Crippen MR) is 60.6 cm³/mol. The number of halogens is 1. The third-order valence-electron chi connectivity index (χ3n) is 2.59. The van der Waals surface area contributed by atoms with Gasteiger partial charge in [0.05, 0.1) is 0 Å². The molecule has 2 nitrogen and oxygen atoms in total. The topological polar surface area (TPSA) is 47.6 Å². The van der Waals surface area contributed by atoms with Crippen LogP contribution >= 0.6 is 15.9 Å². The number of allylic oxidation sites excluding steroid dienone is 2. The van der Waals surface area contributed by atoms with Crippen LogP contribution in [0.25, 0.3) is 5.57 Å². The Balaban J connectivity index is 2.66. The predicted octanol–water partition coefficient (Wildman–Crippen LogP) is 3.20. The van der Waals surface area contributed by atoms with Crippen LogP contribution in [0.4, 0.5) is 0 Å². The molecule has 1 aliphatic carbocycles. The highest BCUT2D eigenvalue weighted by molar-refractivity contribution is 9.10. The van der Waals surface area contributed by atoms with Crippen molar-refractivity contribution in [3.05, 3.63) is 39.4 Å². The summed E-state index contributed by atoms with van der Waals surface area (Å²) in [5, 5.41) is 17.7. The molecule has 1 aromatic rings. The van der Waals surface area contributed by atoms with E-state index in [1.54, 1.807) is 0 Å². The van der Waals surface area contributed by atoms with E-state index >= 15 is 0 Å². The van der Waals surface area contributed by atoms with Crippen LogP contribution in [0.15, 0.2) is 28.2 Å². The summed E-state index contributed by atoms with van der Waals surface area (Å²) in [6.07, 6.45) is 1.69. The molecule has 0 spiro atoms. The molecule has 0 N–H and O–H groups in total. The fraction of sp³-hybridized carbons (Fsp3) is 0.167. The molecule has 72 valence electrons. The third-order valence-corrected chi connectivity index (χ3v) is 3.34. The molecule has 0 heterocycles. The zero-order valence-corrected chi connectivity index (χ0v) is 9.50. The highest BCUT2D eigenvalue weighted by atomic mass is 79.9. The number of fused-ring (bicyclic) bond motifs is 1. The monoisotopic (exact) mass is 258 g/mol. The first kappa shape index (κ1) is 9.96. The molecular formula is C12H7BrN2. The number of nitriles is 2. The summed E-state index contributed by atoms with van der Waals surface area (Å²) in [4.78, 5) is 0. The van der Waals surface area contributed by atoms with Crippen LogP contribution < -0.4 is 0 Å². The van der Waals surface area contributed by atoms with Crippen molar-refractivity contribution in [1.29, 1.82) is 10.5 Å². The molecule has 1 aliphatic rings. The molecule has 0 bridgehead atoms. The molecule has 0 saturated heterocycles. The average molecular weight is 259 g/mol. The molecule has 0 fully saturated rings. The van der Waals surface area contributed by atoms with Crippen molar-refractivity contribution in [2.75, 3.05) is 0 Å². The number of benzene rings is 1. The second-order valence-electron chi connectivity index (χ2n) is 3.34. The van der Waals surface area contributed by atoms with E-state index in [9.17, 15) is 0 Å². The lowest BCUT2D eigenvalue weighted by atomic mass is 10.0. The zero-order valence-electron chi connectivity index (χ0n) is 7.92. The first-order valence-corrected chi connectivity index (χ1v) is 5.38. The minimum Gasteiger partial charge on any atom is -0.192 e. The van der Waals surface area contributed by atoms with Crippen LogP contribution in [-0.2, 0) is 6.42 Å². The van der Waals surface area contributed by atoms with Crippen LogP contribution in [0.1, 0.15) is 17.5 Å². The molecule has 2 rings (SSSR count). The maximum absolute atomic E-state index is 8.84. The Hall–Kier alpha value is -1.58. The molecule has 15 heavy (non-hydrogen) atoms. The highest BCUT2D eigenvalue weighted by Crippen LogP contribution is 2.37. The van der Waals surface area contributed by atoms with Gasteiger partial charge in [-0.15, -0.1) is 0 Å². The summed E-state index contributed by atoms with van der Waals surface area (Å²) in [7, 11) is 0. The average Bonchev–Trinajstić information content (AvgIpc) is 2.66. The van der Waals surface area contributed by atoms with Crippen molar-refractivity contribution in [2.24, 2.45) is 0 Å². The van der Waals surface area contributed by atoms with Gasteiger partial charge in [-0.3, -0.25) is 0 Å². The Bertz CT molecular complexity index is 514. The van der Waals surface area contributed by atoms with Crippen LogP contribution in [0, 0.1) is 22.7 Å². The maximum atomic E-state index is 8.84. The third kappa shape index (κ3) is 1.56. The van der Waals surface area contributed by atoms with Crippen molar-refractivity contribution in [1.82, 2.24) is 0 Å². The lowest BCUT2D eigenvalue weighted by Gasteiger charge is -2.01. The molecule has 0 amide bonds. The van der Waals surface area contributed by atoms with Gasteiger partial charge in [-0.25, -0.2) is 0 Å². The van der Waals surface area contributed by atoms with Gasteiger partial charge in [0.25, 0.3) is 0 Å². The van der Waals surface area contributed by atoms with Crippen molar-refractivity contribution in [3.8, 4) is 12.1 Å². The Morgan fingerprint density at radius 2 is 1.93 bits per heavy atom. The van der Waals surface area contributed by atoms with E-state index in [0.717, 1.165) is 28.5 Å². The molecule has 0 aliphatic heterocycles. The molecule has 0 aromatic heterocycles. The smallest absolute Gasteiger partial charge is 0.133 e. The largest absolute Gasteiger partial charge is 0.192 e. The fourth-order valence-corrected chi connectivity index (χ4v) is 2.46. The number of nitrogens with zero attached hydrogens (tertiary/aromatic N) is 2. The highest BCUT2D eigenvalue weighted by Gasteiger charge is 2.21. The minimum absolute atomic E-state index is 0.242. The summed E-state index contributed by atoms with van der Waals surface area (Å²) in [5.41, 5.74) is 3.38. The van der Waals surface area contributed by atoms with Crippen molar-refractivity contribution >= 4 is 21.5 Å². The van der Waals surface area contributed by atoms with Gasteiger partial charge in [-0.05, 0) is 35.6 Å². The van der Waals surface area contributed by atoms with Crippen LogP contribution in [0.3, 0.4) is 0 Å². The van der Waals surface area contributed by atoms with Crippen LogP contribution in [0.5, 0.6) is 0 Å². The summed E-state index contributed by atoms with van der Waals surface area (Å²) >= 11 is 3.48. The lowest BCUT2D eigenvalue weighted by Crippen LogP contribution is -1.84. The van der Waals surface area contributed by atoms with E-state index in [1.165, 1.54) is 5.56 Å². The molecule has 3 heteroatoms. The fourth-order valence-electron chi connectivity index (χ4n) is 1.90. The number of rotatable bonds is 0. The second-order valence-corrected chi connectivity index (χ2v) is 4.20. The SMILES string of the molecule is N#CC(C#N)=C1CCc2c(Br)cccc21. The van der Waals surface area contributed by atoms with Gasteiger partial charge in [0.2, 0.25) is 0 Å². The van der Waals surface area contributed by atoms with Gasteiger partial charge < -0.3 is 0 Å². The molecule has 0 atom stereocenters. The Labute approximate surface area is 96.6 Å². The summed E-state index contributed by atoms with van der Waals surface area (Å²) in [6, 6.07) is 9.80. The van der Waals surface area contributed by atoms with Gasteiger partial charge in [0, 0.05) is 4.47 Å². The van der Waals surface area contributed by atoms with Gasteiger partial charge >= 0.3 is 0 Å². The zero-order chi connectivity index (χ0) is 10.8. The standard InChI is InChI=1S/C12H7BrN2/c13-12-3-1-2-10-9(4-5-11(10)12)8(6-14)7-15/h1-3H,4-5H2. The number of hydrogen-bond donors (Lipinski definition) is 0. The van der Waals surface area contributed by atoms with E-state index in [-0.39, 0.29) is 5.57 Å². The van der Waals surface area contributed by atoms with Crippen molar-refractivity contribution in [2.45, 2.75) is 12.8 Å². The van der Waals surface area contributed by atoms with E-state index < -0.39 is 0 Å². The van der Waals surface area contributed by atoms with E-state index in [2.05, 4.69) is 15.9 Å². The maximum Gasteiger partial charge on any atom is 0.133 e. The van der Waals surface area contributed by atoms with E-state index in [0.29, 0.717) is 0 Å². The Morgan fingerprint density at radius 3 is 2.60 bits per heavy atom. The van der Waals surface area contributed by atoms with Gasteiger partial charge in [0.15, 0.2) is 0 Å². The Morgan fingerprint density at radius 1 is 1.20 bits per heavy atom. The van der Waals surface area contributed by atoms with Gasteiger partial charge in [0.1, 0.15) is 17.7 Å². The molecule has 0 radical (unpaired) electrons. The molecule has 1 aromatic carbocycles. The van der Waals surface area contributed by atoms with Crippen molar-refractivity contribution < 1.29 is 0 Å².